The number of rotatable bonds is 2. The van der Waals surface area contributed by atoms with Crippen LogP contribution >= 0.6 is 15.9 Å². The molecule has 1 aliphatic heterocycles. The summed E-state index contributed by atoms with van der Waals surface area (Å²) in [7, 11) is -2.01. The Bertz CT molecular complexity index is 568. The molecule has 7 nitrogen and oxygen atoms in total. The van der Waals surface area contributed by atoms with Crippen molar-refractivity contribution in [3.8, 4) is 0 Å². The molecule has 106 valence electrons. The van der Waals surface area contributed by atoms with Gasteiger partial charge in [-0.05, 0) is 35.2 Å². The van der Waals surface area contributed by atoms with E-state index in [0.717, 1.165) is 19.3 Å². The van der Waals surface area contributed by atoms with Gasteiger partial charge in [-0.1, -0.05) is 5.21 Å². The number of hydrogen-bond donors (Lipinski definition) is 0. The van der Waals surface area contributed by atoms with Crippen LogP contribution in [0.1, 0.15) is 19.3 Å². The third-order valence-electron chi connectivity index (χ3n) is 3.72. The van der Waals surface area contributed by atoms with Gasteiger partial charge in [0.25, 0.3) is 10.0 Å². The second kappa shape index (κ2) is 4.80. The largest absolute Gasteiger partial charge is 0.375 e. The van der Waals surface area contributed by atoms with Gasteiger partial charge in [-0.25, -0.2) is 13.1 Å². The van der Waals surface area contributed by atoms with Crippen molar-refractivity contribution in [3.05, 3.63) is 4.60 Å². The molecule has 0 aromatic carbocycles. The first-order valence-corrected chi connectivity index (χ1v) is 8.44. The zero-order valence-electron chi connectivity index (χ0n) is 10.5. The molecular weight excluding hydrogens is 336 g/mol. The number of fused-ring (bicyclic) bond motifs is 1. The molecule has 2 heterocycles. The lowest BCUT2D eigenvalue weighted by molar-refractivity contribution is -0.0243. The Balaban J connectivity index is 2.00. The number of hydrogen-bond acceptors (Lipinski definition) is 5. The molecule has 9 heteroatoms. The molecular formula is C10H15BrN4O3S. The summed E-state index contributed by atoms with van der Waals surface area (Å²) in [5, 5.41) is 7.61. The molecule has 0 N–H and O–H groups in total. The second-order valence-electron chi connectivity index (χ2n) is 4.83. The fourth-order valence-corrected chi connectivity index (χ4v) is 5.60. The van der Waals surface area contributed by atoms with E-state index in [0.29, 0.717) is 13.2 Å². The fourth-order valence-electron chi connectivity index (χ4n) is 2.90. The van der Waals surface area contributed by atoms with E-state index in [-0.39, 0.29) is 21.8 Å². The van der Waals surface area contributed by atoms with Gasteiger partial charge in [0.05, 0.1) is 18.8 Å². The Kier molecular flexibility index (Phi) is 3.40. The summed E-state index contributed by atoms with van der Waals surface area (Å²) >= 11 is 3.16. The van der Waals surface area contributed by atoms with Crippen LogP contribution in [0.2, 0.25) is 0 Å². The molecule has 2 aliphatic rings. The molecule has 0 spiro atoms. The predicted molar refractivity (Wildman–Crippen MR) is 70.0 cm³/mol. The first kappa shape index (κ1) is 13.5. The molecule has 1 aromatic heterocycles. The highest BCUT2D eigenvalue weighted by Gasteiger charge is 2.44. The number of halogens is 1. The molecule has 1 saturated carbocycles. The highest BCUT2D eigenvalue weighted by atomic mass is 79.9. The Morgan fingerprint density at radius 3 is 2.89 bits per heavy atom. The van der Waals surface area contributed by atoms with Crippen molar-refractivity contribution in [2.24, 2.45) is 7.05 Å². The molecule has 1 aromatic rings. The van der Waals surface area contributed by atoms with Crippen LogP contribution in [0.15, 0.2) is 9.63 Å². The van der Waals surface area contributed by atoms with Crippen molar-refractivity contribution < 1.29 is 13.2 Å². The summed E-state index contributed by atoms with van der Waals surface area (Å²) in [4.78, 5) is 0. The third kappa shape index (κ3) is 2.12. The number of aryl methyl sites for hydroxylation is 1. The topological polar surface area (TPSA) is 77.3 Å². The highest BCUT2D eigenvalue weighted by Crippen LogP contribution is 2.34. The van der Waals surface area contributed by atoms with Crippen molar-refractivity contribution in [2.75, 3.05) is 13.2 Å². The number of ether oxygens (including phenoxy) is 1. The number of morpholine rings is 1. The summed E-state index contributed by atoms with van der Waals surface area (Å²) in [6.07, 6.45) is 2.82. The molecule has 3 rings (SSSR count). The van der Waals surface area contributed by atoms with Crippen molar-refractivity contribution in [2.45, 2.75) is 36.4 Å². The maximum Gasteiger partial charge on any atom is 0.263 e. The fraction of sp³-hybridized carbons (Fsp3) is 0.800. The van der Waals surface area contributed by atoms with Crippen LogP contribution in [0.25, 0.3) is 0 Å². The summed E-state index contributed by atoms with van der Waals surface area (Å²) in [6.45, 7) is 0.838. The van der Waals surface area contributed by atoms with E-state index in [1.165, 1.54) is 4.68 Å². The SMILES string of the molecule is Cn1nnc(Br)c1S(=O)(=O)N1CCOC2CCCC21. The van der Waals surface area contributed by atoms with Crippen LogP contribution in [0.3, 0.4) is 0 Å². The van der Waals surface area contributed by atoms with Gasteiger partial charge in [-0.15, -0.1) is 5.10 Å². The molecule has 1 saturated heterocycles. The quantitative estimate of drug-likeness (QED) is 0.776. The van der Waals surface area contributed by atoms with Gasteiger partial charge < -0.3 is 4.74 Å². The first-order chi connectivity index (χ1) is 9.01. The van der Waals surface area contributed by atoms with Gasteiger partial charge in [0.15, 0.2) is 4.60 Å². The van der Waals surface area contributed by atoms with Crippen LogP contribution in [-0.2, 0) is 21.8 Å². The summed E-state index contributed by atoms with van der Waals surface area (Å²) < 4.78 is 34.3. The molecule has 1 aliphatic carbocycles. The number of nitrogens with zero attached hydrogens (tertiary/aromatic N) is 4. The monoisotopic (exact) mass is 350 g/mol. The zero-order chi connectivity index (χ0) is 13.6. The minimum atomic E-state index is -3.59. The Labute approximate surface area is 120 Å². The van der Waals surface area contributed by atoms with Crippen molar-refractivity contribution in [1.82, 2.24) is 19.3 Å². The van der Waals surface area contributed by atoms with Gasteiger partial charge in [0.1, 0.15) is 0 Å². The second-order valence-corrected chi connectivity index (χ2v) is 7.39. The van der Waals surface area contributed by atoms with Gasteiger partial charge in [-0.3, -0.25) is 0 Å². The van der Waals surface area contributed by atoms with Crippen molar-refractivity contribution in [1.29, 1.82) is 0 Å². The average Bonchev–Trinajstić information content (AvgIpc) is 2.95. The Morgan fingerprint density at radius 1 is 1.42 bits per heavy atom. The van der Waals surface area contributed by atoms with Gasteiger partial charge in [-0.2, -0.15) is 4.31 Å². The van der Waals surface area contributed by atoms with Gasteiger partial charge in [0, 0.05) is 13.6 Å². The van der Waals surface area contributed by atoms with E-state index in [2.05, 4.69) is 26.2 Å². The number of sulfonamides is 1. The molecule has 19 heavy (non-hydrogen) atoms. The van der Waals surface area contributed by atoms with E-state index in [4.69, 9.17) is 4.74 Å². The van der Waals surface area contributed by atoms with Crippen molar-refractivity contribution in [3.63, 3.8) is 0 Å². The van der Waals surface area contributed by atoms with Crippen LogP contribution in [0.4, 0.5) is 0 Å². The molecule has 2 fully saturated rings. The third-order valence-corrected chi connectivity index (χ3v) is 6.54. The van der Waals surface area contributed by atoms with E-state index >= 15 is 0 Å². The highest BCUT2D eigenvalue weighted by molar-refractivity contribution is 9.10. The van der Waals surface area contributed by atoms with E-state index in [1.54, 1.807) is 11.4 Å². The lowest BCUT2D eigenvalue weighted by atomic mass is 10.2. The molecule has 2 unspecified atom stereocenters. The summed E-state index contributed by atoms with van der Waals surface area (Å²) in [5.74, 6) is 0. The van der Waals surface area contributed by atoms with E-state index < -0.39 is 10.0 Å². The Hall–Kier alpha value is -0.510. The molecule has 0 radical (unpaired) electrons. The van der Waals surface area contributed by atoms with E-state index in [9.17, 15) is 8.42 Å². The maximum atomic E-state index is 12.8. The lowest BCUT2D eigenvalue weighted by Crippen LogP contribution is -2.51. The normalized spacial score (nSPS) is 28.5. The van der Waals surface area contributed by atoms with Gasteiger partial charge >= 0.3 is 0 Å². The first-order valence-electron chi connectivity index (χ1n) is 6.20. The lowest BCUT2D eigenvalue weighted by Gasteiger charge is -2.36. The zero-order valence-corrected chi connectivity index (χ0v) is 12.9. The summed E-state index contributed by atoms with van der Waals surface area (Å²) in [5.41, 5.74) is 0. The van der Waals surface area contributed by atoms with Crippen LogP contribution < -0.4 is 0 Å². The minimum absolute atomic E-state index is 0.0310. The van der Waals surface area contributed by atoms with Crippen molar-refractivity contribution >= 4 is 26.0 Å². The minimum Gasteiger partial charge on any atom is -0.375 e. The standard InChI is InChI=1S/C10H15BrN4O3S/c1-14-10(9(11)12-13-14)19(16,17)15-5-6-18-8-4-2-3-7(8)15/h7-8H,2-6H2,1H3. The smallest absolute Gasteiger partial charge is 0.263 e. The van der Waals surface area contributed by atoms with Crippen LogP contribution in [0.5, 0.6) is 0 Å². The maximum absolute atomic E-state index is 12.8. The molecule has 0 bridgehead atoms. The van der Waals surface area contributed by atoms with Gasteiger partial charge in [0.2, 0.25) is 5.03 Å². The van der Waals surface area contributed by atoms with Crippen LogP contribution in [0, 0.1) is 0 Å². The number of aromatic nitrogens is 3. The Morgan fingerprint density at radius 2 is 2.21 bits per heavy atom. The predicted octanol–water partition coefficient (Wildman–Crippen LogP) is 0.520. The molecule has 0 amide bonds. The molecule has 2 atom stereocenters. The van der Waals surface area contributed by atoms with Crippen LogP contribution in [-0.4, -0.2) is 53.0 Å². The average molecular weight is 351 g/mol. The van der Waals surface area contributed by atoms with E-state index in [1.807, 2.05) is 0 Å². The summed E-state index contributed by atoms with van der Waals surface area (Å²) in [6, 6.07) is -0.0550.